The zero-order valence-corrected chi connectivity index (χ0v) is 12.0. The lowest BCUT2D eigenvalue weighted by Crippen LogP contribution is -2.45. The highest BCUT2D eigenvalue weighted by atomic mass is 16.6. The molecule has 0 aliphatic rings. The number of unbranched alkanes of at least 4 members (excludes halogenated alkanes) is 3. The maximum Gasteiger partial charge on any atom is 0.424 e. The summed E-state index contributed by atoms with van der Waals surface area (Å²) in [5.41, 5.74) is 2.67. The van der Waals surface area contributed by atoms with E-state index >= 15 is 0 Å². The zero-order valence-electron chi connectivity index (χ0n) is 12.0. The summed E-state index contributed by atoms with van der Waals surface area (Å²) >= 11 is 0. The van der Waals surface area contributed by atoms with Crippen LogP contribution in [0, 0.1) is 0 Å². The number of rotatable bonds is 7. The van der Waals surface area contributed by atoms with Crippen LogP contribution in [-0.2, 0) is 4.74 Å². The van der Waals surface area contributed by atoms with E-state index in [4.69, 9.17) is 4.74 Å². The smallest absolute Gasteiger partial charge is 0.424 e. The monoisotopic (exact) mass is 244 g/mol. The number of ether oxygens (including phenoxy) is 1. The van der Waals surface area contributed by atoms with E-state index in [9.17, 15) is 4.79 Å². The van der Waals surface area contributed by atoms with Crippen LogP contribution in [0.15, 0.2) is 0 Å². The highest BCUT2D eigenvalue weighted by Gasteiger charge is 2.20. The fourth-order valence-corrected chi connectivity index (χ4v) is 1.39. The molecule has 0 spiro atoms. The molecule has 0 saturated heterocycles. The second-order valence-corrected chi connectivity index (χ2v) is 5.19. The van der Waals surface area contributed by atoms with Crippen molar-refractivity contribution in [3.05, 3.63) is 0 Å². The predicted molar refractivity (Wildman–Crippen MR) is 70.8 cm³/mol. The maximum atomic E-state index is 11.8. The Morgan fingerprint density at radius 2 is 1.82 bits per heavy atom. The highest BCUT2D eigenvalue weighted by molar-refractivity contribution is 5.67. The average Bonchev–Trinajstić information content (AvgIpc) is 2.20. The van der Waals surface area contributed by atoms with E-state index in [1.165, 1.54) is 24.3 Å². The molecule has 0 fully saturated rings. The van der Waals surface area contributed by atoms with Gasteiger partial charge in [-0.05, 0) is 34.1 Å². The van der Waals surface area contributed by atoms with Crippen LogP contribution in [-0.4, -0.2) is 29.8 Å². The number of hydrogen-bond acceptors (Lipinski definition) is 3. The van der Waals surface area contributed by atoms with Gasteiger partial charge in [-0.3, -0.25) is 0 Å². The van der Waals surface area contributed by atoms with E-state index in [0.29, 0.717) is 6.54 Å². The molecule has 0 rings (SSSR count). The van der Waals surface area contributed by atoms with Crippen molar-refractivity contribution >= 4 is 6.09 Å². The molecule has 102 valence electrons. The molecule has 0 heterocycles. The summed E-state index contributed by atoms with van der Waals surface area (Å²) in [4.78, 5) is 11.8. The Balaban J connectivity index is 3.86. The topological polar surface area (TPSA) is 41.6 Å². The molecule has 0 aromatic carbocycles. The highest BCUT2D eigenvalue weighted by Crippen LogP contribution is 2.08. The molecular weight excluding hydrogens is 216 g/mol. The van der Waals surface area contributed by atoms with Gasteiger partial charge in [-0.1, -0.05) is 26.2 Å². The first-order valence-corrected chi connectivity index (χ1v) is 6.64. The van der Waals surface area contributed by atoms with Crippen molar-refractivity contribution in [1.29, 1.82) is 0 Å². The van der Waals surface area contributed by atoms with Gasteiger partial charge in [0.15, 0.2) is 0 Å². The number of hydrogen-bond donors (Lipinski definition) is 1. The lowest BCUT2D eigenvalue weighted by molar-refractivity contribution is 0.0150. The van der Waals surface area contributed by atoms with Crippen LogP contribution in [0.5, 0.6) is 0 Å². The van der Waals surface area contributed by atoms with Gasteiger partial charge in [0, 0.05) is 13.1 Å². The fourth-order valence-electron chi connectivity index (χ4n) is 1.39. The molecule has 0 aliphatic heterocycles. The van der Waals surface area contributed by atoms with Crippen molar-refractivity contribution < 1.29 is 9.53 Å². The van der Waals surface area contributed by atoms with Gasteiger partial charge in [0.2, 0.25) is 0 Å². The van der Waals surface area contributed by atoms with Crippen LogP contribution in [0.3, 0.4) is 0 Å². The molecular formula is C13H28N2O2. The van der Waals surface area contributed by atoms with Crippen LogP contribution in [0.2, 0.25) is 0 Å². The lowest BCUT2D eigenvalue weighted by atomic mass is 10.2. The van der Waals surface area contributed by atoms with Crippen molar-refractivity contribution in [2.24, 2.45) is 0 Å². The third-order valence-corrected chi connectivity index (χ3v) is 2.26. The third kappa shape index (κ3) is 8.98. The van der Waals surface area contributed by atoms with Crippen LogP contribution in [0.1, 0.15) is 60.3 Å². The molecule has 0 unspecified atom stereocenters. The zero-order chi connectivity index (χ0) is 13.3. The Bertz CT molecular complexity index is 212. The van der Waals surface area contributed by atoms with Gasteiger partial charge in [0.05, 0.1) is 0 Å². The Morgan fingerprint density at radius 1 is 1.18 bits per heavy atom. The largest absolute Gasteiger partial charge is 0.443 e. The first-order chi connectivity index (χ1) is 7.90. The van der Waals surface area contributed by atoms with Crippen molar-refractivity contribution in [1.82, 2.24) is 10.4 Å². The SMILES string of the molecule is CCCCCCNN(CC)C(=O)OC(C)(C)C. The molecule has 0 atom stereocenters. The number of carbonyl (C=O) groups is 1. The third-order valence-electron chi connectivity index (χ3n) is 2.26. The van der Waals surface area contributed by atoms with Gasteiger partial charge in [0.25, 0.3) is 0 Å². The van der Waals surface area contributed by atoms with Crippen LogP contribution in [0.4, 0.5) is 4.79 Å². The second-order valence-electron chi connectivity index (χ2n) is 5.19. The molecule has 0 aromatic rings. The van der Waals surface area contributed by atoms with Crippen LogP contribution < -0.4 is 5.43 Å². The molecule has 0 saturated carbocycles. The molecule has 17 heavy (non-hydrogen) atoms. The van der Waals surface area contributed by atoms with Crippen LogP contribution >= 0.6 is 0 Å². The molecule has 1 N–H and O–H groups in total. The van der Waals surface area contributed by atoms with Crippen molar-refractivity contribution in [3.63, 3.8) is 0 Å². The predicted octanol–water partition coefficient (Wildman–Crippen LogP) is 3.33. The summed E-state index contributed by atoms with van der Waals surface area (Å²) in [7, 11) is 0. The Morgan fingerprint density at radius 3 is 2.29 bits per heavy atom. The molecule has 4 nitrogen and oxygen atoms in total. The van der Waals surface area contributed by atoms with Gasteiger partial charge in [-0.15, -0.1) is 0 Å². The molecule has 1 amide bonds. The van der Waals surface area contributed by atoms with Gasteiger partial charge in [-0.2, -0.15) is 0 Å². The first kappa shape index (κ1) is 16.2. The minimum atomic E-state index is -0.436. The van der Waals surface area contributed by atoms with E-state index in [-0.39, 0.29) is 6.09 Å². The van der Waals surface area contributed by atoms with Crippen molar-refractivity contribution in [2.45, 2.75) is 65.9 Å². The first-order valence-electron chi connectivity index (χ1n) is 6.64. The van der Waals surface area contributed by atoms with E-state index < -0.39 is 5.60 Å². The van der Waals surface area contributed by atoms with E-state index in [1.54, 1.807) is 0 Å². The van der Waals surface area contributed by atoms with E-state index in [1.807, 2.05) is 27.7 Å². The number of amides is 1. The van der Waals surface area contributed by atoms with E-state index in [0.717, 1.165) is 13.0 Å². The molecule has 0 aromatic heterocycles. The summed E-state index contributed by atoms with van der Waals surface area (Å²) in [6.45, 7) is 11.2. The minimum absolute atomic E-state index is 0.296. The second kappa shape index (κ2) is 8.34. The van der Waals surface area contributed by atoms with Gasteiger partial charge in [-0.25, -0.2) is 15.2 Å². The number of hydrazine groups is 1. The molecule has 0 bridgehead atoms. The fraction of sp³-hybridized carbons (Fsp3) is 0.923. The standard InChI is InChI=1S/C13H28N2O2/c1-6-8-9-10-11-14-15(7-2)12(16)17-13(3,4)5/h14H,6-11H2,1-5H3. The van der Waals surface area contributed by atoms with Gasteiger partial charge in [0.1, 0.15) is 5.60 Å². The summed E-state index contributed by atoms with van der Waals surface area (Å²) in [5.74, 6) is 0. The number of carbonyl (C=O) groups excluding carboxylic acids is 1. The van der Waals surface area contributed by atoms with Gasteiger partial charge < -0.3 is 4.74 Å². The summed E-state index contributed by atoms with van der Waals surface area (Å²) < 4.78 is 5.29. The van der Waals surface area contributed by atoms with E-state index in [2.05, 4.69) is 12.3 Å². The Kier molecular flexibility index (Phi) is 7.96. The maximum absolute atomic E-state index is 11.8. The van der Waals surface area contributed by atoms with Crippen LogP contribution in [0.25, 0.3) is 0 Å². The molecule has 0 radical (unpaired) electrons. The molecule has 0 aliphatic carbocycles. The summed E-state index contributed by atoms with van der Waals surface area (Å²) in [6.07, 6.45) is 4.47. The van der Waals surface area contributed by atoms with Crippen molar-refractivity contribution in [3.8, 4) is 0 Å². The van der Waals surface area contributed by atoms with Gasteiger partial charge >= 0.3 is 6.09 Å². The number of nitrogens with zero attached hydrogens (tertiary/aromatic N) is 1. The lowest BCUT2D eigenvalue weighted by Gasteiger charge is -2.26. The van der Waals surface area contributed by atoms with Crippen molar-refractivity contribution in [2.75, 3.05) is 13.1 Å². The quantitative estimate of drug-likeness (QED) is 0.551. The summed E-state index contributed by atoms with van der Waals surface area (Å²) in [6, 6.07) is 0. The average molecular weight is 244 g/mol. The summed E-state index contributed by atoms with van der Waals surface area (Å²) in [5, 5.41) is 1.54. The Hall–Kier alpha value is -0.770. The minimum Gasteiger partial charge on any atom is -0.443 e. The number of nitrogens with one attached hydrogen (secondary N) is 1. The normalized spacial score (nSPS) is 11.4. The Labute approximate surface area is 106 Å². The molecule has 4 heteroatoms.